The Labute approximate surface area is 196 Å². The zero-order chi connectivity index (χ0) is 22.8. The number of pyridine rings is 1. The smallest absolute Gasteiger partial charge is 0.257 e. The van der Waals surface area contributed by atoms with Crippen LogP contribution in [0.4, 0.5) is 11.6 Å². The van der Waals surface area contributed by atoms with Crippen molar-refractivity contribution in [2.24, 2.45) is 0 Å². The van der Waals surface area contributed by atoms with Crippen molar-refractivity contribution in [3.63, 3.8) is 0 Å². The van der Waals surface area contributed by atoms with Gasteiger partial charge >= 0.3 is 0 Å². The summed E-state index contributed by atoms with van der Waals surface area (Å²) < 4.78 is 0. The summed E-state index contributed by atoms with van der Waals surface area (Å²) in [6, 6.07) is 12.0. The van der Waals surface area contributed by atoms with Crippen molar-refractivity contribution in [1.29, 1.82) is 0 Å². The average molecular weight is 460 g/mol. The van der Waals surface area contributed by atoms with Crippen LogP contribution in [0.2, 0.25) is 0 Å². The van der Waals surface area contributed by atoms with Crippen LogP contribution in [0.5, 0.6) is 0 Å². The fourth-order valence-corrected chi connectivity index (χ4v) is 4.77. The van der Waals surface area contributed by atoms with Crippen molar-refractivity contribution in [2.75, 3.05) is 37.4 Å². The number of nitrogens with one attached hydrogen (secondary N) is 1. The standard InChI is InChI=1S/C24H25N7OS/c1-30(2)19-6-9-31(10-7-19)23-13-17(5-8-26-23)24(32)27-22-12-18-11-16(21-14-25-15-33-21)3-4-20(18)28-29-22/h3-5,8,11-15,19H,6-7,9-10H2,1-2H3,(H,27,29,32). The van der Waals surface area contributed by atoms with Gasteiger partial charge in [0.25, 0.3) is 5.91 Å². The molecule has 0 aliphatic carbocycles. The number of hydrogen-bond donors (Lipinski definition) is 1. The van der Waals surface area contributed by atoms with Crippen molar-refractivity contribution in [3.8, 4) is 10.4 Å². The molecule has 3 aromatic heterocycles. The Hall–Kier alpha value is -3.43. The van der Waals surface area contributed by atoms with E-state index in [1.807, 2.05) is 42.0 Å². The Morgan fingerprint density at radius 1 is 1.12 bits per heavy atom. The Bertz CT molecular complexity index is 1270. The van der Waals surface area contributed by atoms with Gasteiger partial charge in [-0.1, -0.05) is 6.07 Å². The van der Waals surface area contributed by atoms with Gasteiger partial charge in [0.1, 0.15) is 5.82 Å². The van der Waals surface area contributed by atoms with E-state index in [0.717, 1.165) is 53.1 Å². The van der Waals surface area contributed by atoms with Crippen molar-refractivity contribution >= 4 is 39.8 Å². The van der Waals surface area contributed by atoms with Crippen LogP contribution in [0, 0.1) is 0 Å². The minimum absolute atomic E-state index is 0.228. The molecule has 1 aliphatic rings. The minimum Gasteiger partial charge on any atom is -0.356 e. The van der Waals surface area contributed by atoms with Gasteiger partial charge in [0.05, 0.1) is 15.9 Å². The molecule has 0 atom stereocenters. The molecule has 33 heavy (non-hydrogen) atoms. The second kappa shape index (κ2) is 9.21. The molecule has 4 aromatic rings. The Kier molecular flexibility index (Phi) is 5.97. The Morgan fingerprint density at radius 3 is 2.73 bits per heavy atom. The van der Waals surface area contributed by atoms with E-state index in [2.05, 4.69) is 49.4 Å². The molecule has 0 bridgehead atoms. The normalized spacial score (nSPS) is 14.7. The third kappa shape index (κ3) is 4.69. The third-order valence-electron chi connectivity index (χ3n) is 6.07. The highest BCUT2D eigenvalue weighted by molar-refractivity contribution is 7.13. The van der Waals surface area contributed by atoms with Gasteiger partial charge in [-0.15, -0.1) is 21.5 Å². The molecule has 168 valence electrons. The van der Waals surface area contributed by atoms with Crippen LogP contribution in [0.25, 0.3) is 21.3 Å². The number of aromatic nitrogens is 4. The van der Waals surface area contributed by atoms with E-state index in [9.17, 15) is 4.79 Å². The van der Waals surface area contributed by atoms with Crippen LogP contribution < -0.4 is 10.2 Å². The molecular weight excluding hydrogens is 434 g/mol. The van der Waals surface area contributed by atoms with E-state index in [0.29, 0.717) is 17.4 Å². The highest BCUT2D eigenvalue weighted by atomic mass is 32.1. The maximum absolute atomic E-state index is 12.9. The van der Waals surface area contributed by atoms with Crippen LogP contribution in [-0.4, -0.2) is 64.2 Å². The van der Waals surface area contributed by atoms with Crippen molar-refractivity contribution < 1.29 is 4.79 Å². The fraction of sp³-hybridized carbons (Fsp3) is 0.292. The minimum atomic E-state index is -0.228. The van der Waals surface area contributed by atoms with E-state index in [1.54, 1.807) is 23.6 Å². The zero-order valence-electron chi connectivity index (χ0n) is 18.6. The summed E-state index contributed by atoms with van der Waals surface area (Å²) in [4.78, 5) is 27.2. The predicted molar refractivity (Wildman–Crippen MR) is 132 cm³/mol. The molecule has 1 fully saturated rings. The first-order valence-corrected chi connectivity index (χ1v) is 11.8. The largest absolute Gasteiger partial charge is 0.356 e. The molecule has 0 radical (unpaired) electrons. The van der Waals surface area contributed by atoms with Gasteiger partial charge in [-0.2, -0.15) is 0 Å². The molecule has 9 heteroatoms. The zero-order valence-corrected chi connectivity index (χ0v) is 19.4. The van der Waals surface area contributed by atoms with E-state index in [4.69, 9.17) is 0 Å². The molecule has 1 saturated heterocycles. The average Bonchev–Trinajstić information content (AvgIpc) is 3.39. The molecule has 8 nitrogen and oxygen atoms in total. The van der Waals surface area contributed by atoms with Crippen LogP contribution in [0.3, 0.4) is 0 Å². The first-order valence-electron chi connectivity index (χ1n) is 10.9. The number of carbonyl (C=O) groups is 1. The second-order valence-electron chi connectivity index (χ2n) is 8.41. The number of fused-ring (bicyclic) bond motifs is 1. The summed E-state index contributed by atoms with van der Waals surface area (Å²) in [6.07, 6.45) is 5.70. The number of hydrogen-bond acceptors (Lipinski definition) is 8. The number of rotatable bonds is 5. The van der Waals surface area contributed by atoms with Crippen molar-refractivity contribution in [1.82, 2.24) is 25.1 Å². The molecule has 0 spiro atoms. The first kappa shape index (κ1) is 21.4. The van der Waals surface area contributed by atoms with Crippen LogP contribution in [0.15, 0.2) is 54.3 Å². The van der Waals surface area contributed by atoms with Gasteiger partial charge in [-0.05, 0) is 62.8 Å². The van der Waals surface area contributed by atoms with E-state index < -0.39 is 0 Å². The lowest BCUT2D eigenvalue weighted by Crippen LogP contribution is -2.42. The Morgan fingerprint density at radius 2 is 1.97 bits per heavy atom. The third-order valence-corrected chi connectivity index (χ3v) is 6.89. The lowest BCUT2D eigenvalue weighted by molar-refractivity contribution is 0.102. The number of thiazole rings is 1. The van der Waals surface area contributed by atoms with Gasteiger partial charge in [0.2, 0.25) is 0 Å². The number of amides is 1. The maximum atomic E-state index is 12.9. The summed E-state index contributed by atoms with van der Waals surface area (Å²) in [6.45, 7) is 1.86. The summed E-state index contributed by atoms with van der Waals surface area (Å²) in [5.74, 6) is 1.02. The molecular formula is C24H25N7OS. The maximum Gasteiger partial charge on any atom is 0.257 e. The van der Waals surface area contributed by atoms with Crippen LogP contribution in [0.1, 0.15) is 23.2 Å². The number of anilines is 2. The summed E-state index contributed by atoms with van der Waals surface area (Å²) in [5.41, 5.74) is 4.19. The second-order valence-corrected chi connectivity index (χ2v) is 9.29. The quantitative estimate of drug-likeness (QED) is 0.484. The lowest BCUT2D eigenvalue weighted by Gasteiger charge is -2.35. The van der Waals surface area contributed by atoms with E-state index in [1.165, 1.54) is 0 Å². The highest BCUT2D eigenvalue weighted by Crippen LogP contribution is 2.27. The number of piperidine rings is 1. The fourth-order valence-electron chi connectivity index (χ4n) is 4.15. The van der Waals surface area contributed by atoms with Gasteiger partial charge < -0.3 is 15.1 Å². The van der Waals surface area contributed by atoms with Crippen LogP contribution in [-0.2, 0) is 0 Å². The van der Waals surface area contributed by atoms with Crippen molar-refractivity contribution in [2.45, 2.75) is 18.9 Å². The van der Waals surface area contributed by atoms with E-state index >= 15 is 0 Å². The monoisotopic (exact) mass is 459 g/mol. The summed E-state index contributed by atoms with van der Waals surface area (Å²) in [5, 5.41) is 12.2. The summed E-state index contributed by atoms with van der Waals surface area (Å²) in [7, 11) is 4.25. The molecule has 4 heterocycles. The first-order chi connectivity index (χ1) is 16.1. The topological polar surface area (TPSA) is 87.1 Å². The van der Waals surface area contributed by atoms with Crippen LogP contribution >= 0.6 is 11.3 Å². The number of benzene rings is 1. The highest BCUT2D eigenvalue weighted by Gasteiger charge is 2.22. The van der Waals surface area contributed by atoms with Gasteiger partial charge in [-0.3, -0.25) is 9.78 Å². The van der Waals surface area contributed by atoms with Gasteiger partial charge in [0, 0.05) is 42.5 Å². The van der Waals surface area contributed by atoms with Gasteiger partial charge in [0.15, 0.2) is 5.82 Å². The number of carbonyl (C=O) groups excluding carboxylic acids is 1. The van der Waals surface area contributed by atoms with E-state index in [-0.39, 0.29) is 5.91 Å². The molecule has 1 aromatic carbocycles. The molecule has 5 rings (SSSR count). The predicted octanol–water partition coefficient (Wildman–Crippen LogP) is 3.93. The summed E-state index contributed by atoms with van der Waals surface area (Å²) >= 11 is 1.58. The molecule has 1 N–H and O–H groups in total. The SMILES string of the molecule is CN(C)C1CCN(c2cc(C(=O)Nc3cc4cc(-c5cncs5)ccc4nn3)ccn2)CC1. The molecule has 0 saturated carbocycles. The molecule has 1 amide bonds. The lowest BCUT2D eigenvalue weighted by atomic mass is 10.0. The molecule has 0 unspecified atom stereocenters. The Balaban J connectivity index is 1.32. The van der Waals surface area contributed by atoms with Gasteiger partial charge in [-0.25, -0.2) is 4.98 Å². The van der Waals surface area contributed by atoms with Crippen molar-refractivity contribution in [3.05, 3.63) is 59.9 Å². The number of nitrogens with zero attached hydrogens (tertiary/aromatic N) is 6. The molecule has 1 aliphatic heterocycles.